The Bertz CT molecular complexity index is 868. The van der Waals surface area contributed by atoms with Crippen molar-refractivity contribution in [1.29, 1.82) is 0 Å². The molecule has 1 amide bonds. The van der Waals surface area contributed by atoms with Crippen LogP contribution in [0.1, 0.15) is 42.5 Å². The minimum atomic E-state index is -0.821. The number of benzene rings is 1. The van der Waals surface area contributed by atoms with Crippen LogP contribution in [0.25, 0.3) is 0 Å². The maximum Gasteiger partial charge on any atom is 0.252 e. The number of rotatable bonds is 6. The topological polar surface area (TPSA) is 81.6 Å². The van der Waals surface area contributed by atoms with E-state index in [1.54, 1.807) is 24.4 Å². The van der Waals surface area contributed by atoms with Crippen LogP contribution in [0.2, 0.25) is 5.02 Å². The molecule has 1 aromatic carbocycles. The molecule has 1 aromatic heterocycles. The summed E-state index contributed by atoms with van der Waals surface area (Å²) in [6.45, 7) is 0.236. The Labute approximate surface area is 176 Å². The zero-order chi connectivity index (χ0) is 21.0. The van der Waals surface area contributed by atoms with Gasteiger partial charge in [0, 0.05) is 39.6 Å². The Kier molecular flexibility index (Phi) is 6.59. The fourth-order valence-corrected chi connectivity index (χ4v) is 3.70. The maximum absolute atomic E-state index is 12.7. The second kappa shape index (κ2) is 8.97. The highest BCUT2D eigenvalue weighted by Crippen LogP contribution is 2.29. The van der Waals surface area contributed by atoms with Crippen LogP contribution < -0.4 is 15.1 Å². The van der Waals surface area contributed by atoms with Crippen LogP contribution in [-0.2, 0) is 0 Å². The molecule has 1 saturated carbocycles. The third-order valence-electron chi connectivity index (χ3n) is 5.32. The Hall–Kier alpha value is -2.38. The molecule has 7 nitrogen and oxygen atoms in total. The Morgan fingerprint density at radius 1 is 1.21 bits per heavy atom. The van der Waals surface area contributed by atoms with E-state index in [9.17, 15) is 9.90 Å². The van der Waals surface area contributed by atoms with Crippen LogP contribution in [0.5, 0.6) is 0 Å². The van der Waals surface area contributed by atoms with E-state index in [1.165, 1.54) is 0 Å². The van der Waals surface area contributed by atoms with Crippen LogP contribution in [0.4, 0.5) is 17.5 Å². The SMILES string of the molecule is CN(C)c1nccc(N(C)c2ccc(Cl)c(C(=O)NCC3(O)CCCCC3)c2)n1. The van der Waals surface area contributed by atoms with Crippen molar-refractivity contribution in [3.05, 3.63) is 41.0 Å². The van der Waals surface area contributed by atoms with Crippen LogP contribution in [-0.4, -0.2) is 54.3 Å². The van der Waals surface area contributed by atoms with E-state index in [0.717, 1.165) is 24.9 Å². The number of hydrogen-bond acceptors (Lipinski definition) is 6. The second-order valence-electron chi connectivity index (χ2n) is 7.80. The van der Waals surface area contributed by atoms with Gasteiger partial charge in [-0.15, -0.1) is 0 Å². The number of carbonyl (C=O) groups is 1. The van der Waals surface area contributed by atoms with Crippen molar-refractivity contribution in [1.82, 2.24) is 15.3 Å². The van der Waals surface area contributed by atoms with Gasteiger partial charge in [0.1, 0.15) is 5.82 Å². The molecular formula is C21H28ClN5O2. The minimum absolute atomic E-state index is 0.236. The van der Waals surface area contributed by atoms with E-state index in [2.05, 4.69) is 15.3 Å². The number of nitrogens with one attached hydrogen (secondary N) is 1. The molecule has 1 heterocycles. The fourth-order valence-electron chi connectivity index (χ4n) is 3.50. The van der Waals surface area contributed by atoms with Gasteiger partial charge in [0.2, 0.25) is 5.95 Å². The lowest BCUT2D eigenvalue weighted by molar-refractivity contribution is 0.00526. The van der Waals surface area contributed by atoms with Crippen LogP contribution in [0.15, 0.2) is 30.5 Å². The van der Waals surface area contributed by atoms with Crippen molar-refractivity contribution in [3.8, 4) is 0 Å². The third kappa shape index (κ3) is 5.16. The van der Waals surface area contributed by atoms with Crippen molar-refractivity contribution in [2.75, 3.05) is 37.5 Å². The summed E-state index contributed by atoms with van der Waals surface area (Å²) in [5, 5.41) is 13.8. The van der Waals surface area contributed by atoms with Gasteiger partial charge in [-0.05, 0) is 37.1 Å². The number of anilines is 3. The molecule has 1 aliphatic carbocycles. The number of halogens is 1. The molecule has 1 aliphatic rings. The minimum Gasteiger partial charge on any atom is -0.388 e. The Morgan fingerprint density at radius 2 is 1.93 bits per heavy atom. The maximum atomic E-state index is 12.7. The number of aliphatic hydroxyl groups is 1. The summed E-state index contributed by atoms with van der Waals surface area (Å²) in [6.07, 6.45) is 6.23. The van der Waals surface area contributed by atoms with Gasteiger partial charge in [-0.3, -0.25) is 4.79 Å². The lowest BCUT2D eigenvalue weighted by Crippen LogP contribution is -2.44. The molecule has 0 saturated heterocycles. The molecule has 0 spiro atoms. The average molecular weight is 418 g/mol. The lowest BCUT2D eigenvalue weighted by atomic mass is 9.85. The van der Waals surface area contributed by atoms with E-state index >= 15 is 0 Å². The first-order valence-electron chi connectivity index (χ1n) is 9.83. The summed E-state index contributed by atoms with van der Waals surface area (Å²) in [5.74, 6) is 1.01. The molecule has 0 radical (unpaired) electrons. The highest BCUT2D eigenvalue weighted by atomic mass is 35.5. The number of aromatic nitrogens is 2. The first-order valence-corrected chi connectivity index (χ1v) is 10.2. The predicted molar refractivity (Wildman–Crippen MR) is 116 cm³/mol. The number of nitrogens with zero attached hydrogens (tertiary/aromatic N) is 4. The summed E-state index contributed by atoms with van der Waals surface area (Å²) >= 11 is 6.29. The first-order chi connectivity index (χ1) is 13.8. The van der Waals surface area contributed by atoms with Gasteiger partial charge in [0.05, 0.1) is 16.2 Å². The highest BCUT2D eigenvalue weighted by molar-refractivity contribution is 6.34. The smallest absolute Gasteiger partial charge is 0.252 e. The normalized spacial score (nSPS) is 15.6. The van der Waals surface area contributed by atoms with Crippen molar-refractivity contribution in [2.45, 2.75) is 37.7 Å². The molecule has 2 N–H and O–H groups in total. The van der Waals surface area contributed by atoms with Crippen molar-refractivity contribution in [3.63, 3.8) is 0 Å². The zero-order valence-corrected chi connectivity index (χ0v) is 17.9. The Morgan fingerprint density at radius 3 is 2.62 bits per heavy atom. The third-order valence-corrected chi connectivity index (χ3v) is 5.65. The lowest BCUT2D eigenvalue weighted by Gasteiger charge is -2.32. The van der Waals surface area contributed by atoms with Crippen molar-refractivity contribution < 1.29 is 9.90 Å². The molecule has 0 unspecified atom stereocenters. The second-order valence-corrected chi connectivity index (χ2v) is 8.21. The van der Waals surface area contributed by atoms with Gasteiger partial charge in [-0.1, -0.05) is 30.9 Å². The summed E-state index contributed by atoms with van der Waals surface area (Å²) in [6, 6.07) is 7.08. The average Bonchev–Trinajstić information content (AvgIpc) is 2.72. The quantitative estimate of drug-likeness (QED) is 0.749. The molecular weight excluding hydrogens is 390 g/mol. The molecule has 0 aliphatic heterocycles. The monoisotopic (exact) mass is 417 g/mol. The molecule has 3 rings (SSSR count). The van der Waals surface area contributed by atoms with Gasteiger partial charge < -0.3 is 20.2 Å². The van der Waals surface area contributed by atoms with Crippen LogP contribution >= 0.6 is 11.6 Å². The van der Waals surface area contributed by atoms with E-state index in [1.807, 2.05) is 37.0 Å². The molecule has 1 fully saturated rings. The number of amides is 1. The summed E-state index contributed by atoms with van der Waals surface area (Å²) in [5.41, 5.74) is 0.329. The van der Waals surface area contributed by atoms with E-state index in [4.69, 9.17) is 11.6 Å². The van der Waals surface area contributed by atoms with Crippen molar-refractivity contribution in [2.24, 2.45) is 0 Å². The summed E-state index contributed by atoms with van der Waals surface area (Å²) in [4.78, 5) is 25.2. The van der Waals surface area contributed by atoms with Gasteiger partial charge in [-0.25, -0.2) is 4.98 Å². The molecule has 29 heavy (non-hydrogen) atoms. The van der Waals surface area contributed by atoms with Crippen LogP contribution in [0, 0.1) is 0 Å². The predicted octanol–water partition coefficient (Wildman–Crippen LogP) is 3.39. The van der Waals surface area contributed by atoms with Gasteiger partial charge in [0.15, 0.2) is 0 Å². The first kappa shape index (κ1) is 21.3. The molecule has 0 atom stereocenters. The fraction of sp³-hybridized carbons (Fsp3) is 0.476. The summed E-state index contributed by atoms with van der Waals surface area (Å²) in [7, 11) is 5.63. The van der Waals surface area contributed by atoms with Gasteiger partial charge in [0.25, 0.3) is 5.91 Å². The van der Waals surface area contributed by atoms with Gasteiger partial charge in [-0.2, -0.15) is 4.98 Å². The van der Waals surface area contributed by atoms with E-state index in [0.29, 0.717) is 35.2 Å². The van der Waals surface area contributed by atoms with Crippen LogP contribution in [0.3, 0.4) is 0 Å². The molecule has 156 valence electrons. The van der Waals surface area contributed by atoms with Gasteiger partial charge >= 0.3 is 0 Å². The largest absolute Gasteiger partial charge is 0.388 e. The Balaban J connectivity index is 1.76. The zero-order valence-electron chi connectivity index (χ0n) is 17.2. The molecule has 8 heteroatoms. The standard InChI is InChI=1S/C21H28ClN5O2/c1-26(2)20-23-12-9-18(25-20)27(3)15-7-8-17(22)16(13-15)19(28)24-14-21(29)10-5-4-6-11-21/h7-9,12-13,29H,4-6,10-11,14H2,1-3H3,(H,24,28). The number of hydrogen-bond donors (Lipinski definition) is 2. The number of carbonyl (C=O) groups excluding carboxylic acids is 1. The molecule has 0 bridgehead atoms. The van der Waals surface area contributed by atoms with Crippen molar-refractivity contribution >= 4 is 35.0 Å². The highest BCUT2D eigenvalue weighted by Gasteiger charge is 2.29. The van der Waals surface area contributed by atoms with E-state index < -0.39 is 5.60 Å². The molecule has 2 aromatic rings. The van der Waals surface area contributed by atoms with E-state index in [-0.39, 0.29) is 12.5 Å². The summed E-state index contributed by atoms with van der Waals surface area (Å²) < 4.78 is 0.